The summed E-state index contributed by atoms with van der Waals surface area (Å²) in [5.41, 5.74) is 0.586. The van der Waals surface area contributed by atoms with Crippen molar-refractivity contribution < 1.29 is 4.79 Å². The van der Waals surface area contributed by atoms with Crippen LogP contribution in [0.5, 0.6) is 0 Å². The smallest absolute Gasteiger partial charge is 0.224 e. The lowest BCUT2D eigenvalue weighted by Gasteiger charge is -2.44. The highest BCUT2D eigenvalue weighted by atomic mass is 16.2. The van der Waals surface area contributed by atoms with Gasteiger partial charge in [-0.3, -0.25) is 4.79 Å². The standard InChI is InChI=1S/C17H30N2O/c1-11-13(6-5-9-18-11)14(20)19-15-16(2,3)12-7-8-17(15,4)10-12/h11-13,15,18H,5-10H2,1-4H3,(H,19,20). The molecule has 3 fully saturated rings. The quantitative estimate of drug-likeness (QED) is 0.815. The predicted molar refractivity (Wildman–Crippen MR) is 81.3 cm³/mol. The van der Waals surface area contributed by atoms with E-state index >= 15 is 0 Å². The predicted octanol–water partition coefficient (Wildman–Crippen LogP) is 2.71. The zero-order valence-corrected chi connectivity index (χ0v) is 13.5. The maximum absolute atomic E-state index is 12.7. The first-order chi connectivity index (χ1) is 9.34. The lowest BCUT2D eigenvalue weighted by molar-refractivity contribution is -0.129. The molecule has 114 valence electrons. The lowest BCUT2D eigenvalue weighted by atomic mass is 9.68. The summed E-state index contributed by atoms with van der Waals surface area (Å²) in [6.07, 6.45) is 6.08. The Morgan fingerprint density at radius 1 is 1.25 bits per heavy atom. The topological polar surface area (TPSA) is 41.1 Å². The van der Waals surface area contributed by atoms with E-state index in [0.29, 0.717) is 17.5 Å². The zero-order chi connectivity index (χ0) is 14.5. The maximum Gasteiger partial charge on any atom is 0.224 e. The molecule has 3 nitrogen and oxygen atoms in total. The van der Waals surface area contributed by atoms with E-state index in [1.165, 1.54) is 19.3 Å². The summed E-state index contributed by atoms with van der Waals surface area (Å²) in [6, 6.07) is 0.675. The van der Waals surface area contributed by atoms with Crippen LogP contribution >= 0.6 is 0 Å². The normalized spacial score (nSPS) is 46.4. The van der Waals surface area contributed by atoms with Crippen LogP contribution in [-0.4, -0.2) is 24.5 Å². The van der Waals surface area contributed by atoms with Crippen LogP contribution in [0.25, 0.3) is 0 Å². The van der Waals surface area contributed by atoms with Crippen LogP contribution in [0, 0.1) is 22.7 Å². The van der Waals surface area contributed by atoms with E-state index in [9.17, 15) is 4.79 Å². The third-order valence-corrected chi connectivity index (χ3v) is 6.65. The number of hydrogen-bond donors (Lipinski definition) is 2. The minimum absolute atomic E-state index is 0.155. The van der Waals surface area contributed by atoms with Gasteiger partial charge in [-0.15, -0.1) is 0 Å². The van der Waals surface area contributed by atoms with E-state index in [-0.39, 0.29) is 17.2 Å². The fourth-order valence-electron chi connectivity index (χ4n) is 5.31. The highest BCUT2D eigenvalue weighted by Crippen LogP contribution is 2.62. The molecule has 1 saturated heterocycles. The van der Waals surface area contributed by atoms with Crippen molar-refractivity contribution in [1.82, 2.24) is 10.6 Å². The molecular formula is C17H30N2O. The minimum Gasteiger partial charge on any atom is -0.352 e. The first-order valence-corrected chi connectivity index (χ1v) is 8.38. The molecule has 1 heterocycles. The SMILES string of the molecule is CC1NCCCC1C(=O)NC1C2(C)CCC(C2)C1(C)C. The summed E-state index contributed by atoms with van der Waals surface area (Å²) < 4.78 is 0. The first-order valence-electron chi connectivity index (χ1n) is 8.38. The largest absolute Gasteiger partial charge is 0.352 e. The summed E-state index contributed by atoms with van der Waals surface area (Å²) in [5, 5.41) is 6.90. The van der Waals surface area contributed by atoms with Crippen molar-refractivity contribution in [2.75, 3.05) is 6.54 Å². The summed E-state index contributed by atoms with van der Waals surface area (Å²) in [4.78, 5) is 12.7. The van der Waals surface area contributed by atoms with Crippen molar-refractivity contribution in [1.29, 1.82) is 0 Å². The van der Waals surface area contributed by atoms with Crippen LogP contribution < -0.4 is 10.6 Å². The number of rotatable bonds is 2. The number of fused-ring (bicyclic) bond motifs is 2. The van der Waals surface area contributed by atoms with Crippen LogP contribution in [-0.2, 0) is 4.79 Å². The molecule has 3 aliphatic rings. The molecule has 3 rings (SSSR count). The Labute approximate surface area is 123 Å². The zero-order valence-electron chi connectivity index (χ0n) is 13.5. The van der Waals surface area contributed by atoms with Crippen LogP contribution in [0.2, 0.25) is 0 Å². The van der Waals surface area contributed by atoms with E-state index in [1.54, 1.807) is 0 Å². The molecular weight excluding hydrogens is 248 g/mol. The Bertz CT molecular complexity index is 401. The average molecular weight is 278 g/mol. The molecule has 0 spiro atoms. The van der Waals surface area contributed by atoms with Gasteiger partial charge >= 0.3 is 0 Å². The number of amides is 1. The molecule has 3 heteroatoms. The van der Waals surface area contributed by atoms with Gasteiger partial charge in [-0.1, -0.05) is 20.8 Å². The van der Waals surface area contributed by atoms with Gasteiger partial charge in [0.25, 0.3) is 0 Å². The second kappa shape index (κ2) is 4.72. The molecule has 20 heavy (non-hydrogen) atoms. The Morgan fingerprint density at radius 3 is 2.60 bits per heavy atom. The van der Waals surface area contributed by atoms with Gasteiger partial charge in [-0.25, -0.2) is 0 Å². The van der Waals surface area contributed by atoms with Gasteiger partial charge in [0.2, 0.25) is 5.91 Å². The van der Waals surface area contributed by atoms with Crippen LogP contribution in [0.4, 0.5) is 0 Å². The molecule has 2 aliphatic carbocycles. The summed E-state index contributed by atoms with van der Waals surface area (Å²) in [5.74, 6) is 1.23. The fraction of sp³-hybridized carbons (Fsp3) is 0.941. The minimum atomic E-state index is 0.155. The van der Waals surface area contributed by atoms with Gasteiger partial charge in [0, 0.05) is 12.1 Å². The van der Waals surface area contributed by atoms with Crippen molar-refractivity contribution in [2.24, 2.45) is 22.7 Å². The number of carbonyl (C=O) groups is 1. The number of nitrogens with one attached hydrogen (secondary N) is 2. The molecule has 0 radical (unpaired) electrons. The number of hydrogen-bond acceptors (Lipinski definition) is 2. The second-order valence-electron chi connectivity index (χ2n) is 8.35. The summed E-state index contributed by atoms with van der Waals surface area (Å²) in [7, 11) is 0. The molecule has 2 N–H and O–H groups in total. The average Bonchev–Trinajstić information content (AvgIpc) is 2.86. The molecule has 0 aromatic carbocycles. The van der Waals surface area contributed by atoms with Crippen molar-refractivity contribution in [3.63, 3.8) is 0 Å². The molecule has 2 bridgehead atoms. The van der Waals surface area contributed by atoms with Gasteiger partial charge in [0.05, 0.1) is 5.92 Å². The van der Waals surface area contributed by atoms with E-state index < -0.39 is 0 Å². The Kier molecular flexibility index (Phi) is 3.39. The van der Waals surface area contributed by atoms with Crippen LogP contribution in [0.1, 0.15) is 59.8 Å². The Morgan fingerprint density at radius 2 is 2.00 bits per heavy atom. The lowest BCUT2D eigenvalue weighted by Crippen LogP contribution is -2.56. The van der Waals surface area contributed by atoms with Gasteiger partial charge < -0.3 is 10.6 Å². The monoisotopic (exact) mass is 278 g/mol. The van der Waals surface area contributed by atoms with Gasteiger partial charge in [-0.2, -0.15) is 0 Å². The number of carbonyl (C=O) groups excluding carboxylic acids is 1. The van der Waals surface area contributed by atoms with Crippen molar-refractivity contribution in [3.05, 3.63) is 0 Å². The highest BCUT2D eigenvalue weighted by Gasteiger charge is 2.59. The highest BCUT2D eigenvalue weighted by molar-refractivity contribution is 5.80. The van der Waals surface area contributed by atoms with Crippen LogP contribution in [0.3, 0.4) is 0 Å². The van der Waals surface area contributed by atoms with Gasteiger partial charge in [0.15, 0.2) is 0 Å². The fourth-order valence-corrected chi connectivity index (χ4v) is 5.31. The Balaban J connectivity index is 1.72. The third-order valence-electron chi connectivity index (χ3n) is 6.65. The van der Waals surface area contributed by atoms with E-state index in [0.717, 1.165) is 25.3 Å². The van der Waals surface area contributed by atoms with Gasteiger partial charge in [0.1, 0.15) is 0 Å². The van der Waals surface area contributed by atoms with E-state index in [4.69, 9.17) is 0 Å². The summed E-state index contributed by atoms with van der Waals surface area (Å²) in [6.45, 7) is 10.3. The van der Waals surface area contributed by atoms with Crippen molar-refractivity contribution in [3.8, 4) is 0 Å². The molecule has 1 aliphatic heterocycles. The van der Waals surface area contributed by atoms with E-state index in [2.05, 4.69) is 38.3 Å². The van der Waals surface area contributed by atoms with Crippen LogP contribution in [0.15, 0.2) is 0 Å². The third kappa shape index (κ3) is 2.09. The number of piperidine rings is 1. The van der Waals surface area contributed by atoms with Crippen molar-refractivity contribution >= 4 is 5.91 Å². The maximum atomic E-state index is 12.7. The van der Waals surface area contributed by atoms with Crippen molar-refractivity contribution in [2.45, 2.75) is 71.9 Å². The molecule has 1 amide bonds. The molecule has 2 saturated carbocycles. The molecule has 5 unspecified atom stereocenters. The molecule has 0 aromatic heterocycles. The second-order valence-corrected chi connectivity index (χ2v) is 8.35. The first kappa shape index (κ1) is 14.4. The van der Waals surface area contributed by atoms with E-state index in [1.807, 2.05) is 0 Å². The van der Waals surface area contributed by atoms with Gasteiger partial charge in [-0.05, 0) is 62.3 Å². The Hall–Kier alpha value is -0.570. The summed E-state index contributed by atoms with van der Waals surface area (Å²) >= 11 is 0. The molecule has 5 atom stereocenters. The molecule has 0 aromatic rings.